The van der Waals surface area contributed by atoms with E-state index in [1.54, 1.807) is 12.4 Å². The standard InChI is InChI=1S/C13H13N3O2/c1-11-7-14-13(15-8-11)16(10-17)18-9-12-5-3-2-4-6-12/h2-8,10H,9H2,1H3. The molecule has 0 aliphatic carbocycles. The van der Waals surface area contributed by atoms with Crippen molar-refractivity contribution in [1.29, 1.82) is 0 Å². The Morgan fingerprint density at radius 2 is 1.89 bits per heavy atom. The molecule has 0 radical (unpaired) electrons. The Hall–Kier alpha value is -2.27. The van der Waals surface area contributed by atoms with Crippen LogP contribution in [-0.2, 0) is 16.2 Å². The summed E-state index contributed by atoms with van der Waals surface area (Å²) in [5.74, 6) is 0.228. The van der Waals surface area contributed by atoms with Gasteiger partial charge in [-0.1, -0.05) is 30.3 Å². The van der Waals surface area contributed by atoms with Crippen LogP contribution in [0.4, 0.5) is 5.95 Å². The third kappa shape index (κ3) is 3.11. The Kier molecular flexibility index (Phi) is 3.98. The molecule has 0 unspecified atom stereocenters. The van der Waals surface area contributed by atoms with Gasteiger partial charge in [-0.15, -0.1) is 0 Å². The fraction of sp³-hybridized carbons (Fsp3) is 0.154. The number of anilines is 1. The summed E-state index contributed by atoms with van der Waals surface area (Å²) in [5.41, 5.74) is 1.89. The van der Waals surface area contributed by atoms with Gasteiger partial charge in [0.05, 0.1) is 0 Å². The van der Waals surface area contributed by atoms with E-state index >= 15 is 0 Å². The van der Waals surface area contributed by atoms with Gasteiger partial charge in [0.2, 0.25) is 6.41 Å². The maximum Gasteiger partial charge on any atom is 0.257 e. The molecule has 2 rings (SSSR count). The Labute approximate surface area is 105 Å². The first-order chi connectivity index (χ1) is 8.79. The van der Waals surface area contributed by atoms with E-state index in [4.69, 9.17) is 4.84 Å². The molecular weight excluding hydrogens is 230 g/mol. The second-order valence-corrected chi connectivity index (χ2v) is 3.75. The van der Waals surface area contributed by atoms with Gasteiger partial charge in [0, 0.05) is 12.4 Å². The summed E-state index contributed by atoms with van der Waals surface area (Å²) in [5, 5.41) is 1.02. The number of hydroxylamine groups is 1. The van der Waals surface area contributed by atoms with Gasteiger partial charge < -0.3 is 0 Å². The number of benzene rings is 1. The van der Waals surface area contributed by atoms with Gasteiger partial charge >= 0.3 is 0 Å². The largest absolute Gasteiger partial charge is 0.276 e. The van der Waals surface area contributed by atoms with Gasteiger partial charge in [-0.2, -0.15) is 5.06 Å². The molecule has 0 bridgehead atoms. The molecule has 2 aromatic rings. The van der Waals surface area contributed by atoms with Crippen molar-refractivity contribution in [3.05, 3.63) is 53.9 Å². The lowest BCUT2D eigenvalue weighted by Crippen LogP contribution is -2.23. The summed E-state index contributed by atoms with van der Waals surface area (Å²) in [6, 6.07) is 9.57. The van der Waals surface area contributed by atoms with Crippen molar-refractivity contribution in [2.24, 2.45) is 0 Å². The van der Waals surface area contributed by atoms with Crippen LogP contribution in [-0.4, -0.2) is 16.4 Å². The fourth-order valence-corrected chi connectivity index (χ4v) is 1.35. The van der Waals surface area contributed by atoms with Crippen LogP contribution >= 0.6 is 0 Å². The van der Waals surface area contributed by atoms with Crippen molar-refractivity contribution in [3.63, 3.8) is 0 Å². The number of nitrogens with zero attached hydrogens (tertiary/aromatic N) is 3. The van der Waals surface area contributed by atoms with Crippen molar-refractivity contribution in [2.75, 3.05) is 5.06 Å². The normalized spacial score (nSPS) is 10.1. The van der Waals surface area contributed by atoms with Gasteiger partial charge in [-0.05, 0) is 18.1 Å². The molecule has 0 fully saturated rings. The summed E-state index contributed by atoms with van der Waals surface area (Å²) < 4.78 is 0. The summed E-state index contributed by atoms with van der Waals surface area (Å²) in [4.78, 5) is 24.3. The zero-order valence-electron chi connectivity index (χ0n) is 9.98. The first-order valence-electron chi connectivity index (χ1n) is 5.49. The van der Waals surface area contributed by atoms with Gasteiger partial charge in [-0.25, -0.2) is 9.97 Å². The van der Waals surface area contributed by atoms with Crippen LogP contribution in [0.15, 0.2) is 42.7 Å². The Morgan fingerprint density at radius 3 is 2.50 bits per heavy atom. The number of hydrogen-bond acceptors (Lipinski definition) is 4. The number of carbonyl (C=O) groups excluding carboxylic acids is 1. The average Bonchev–Trinajstić information content (AvgIpc) is 2.42. The first-order valence-corrected chi connectivity index (χ1v) is 5.49. The minimum absolute atomic E-state index is 0.228. The number of amides is 1. The second-order valence-electron chi connectivity index (χ2n) is 3.75. The van der Waals surface area contributed by atoms with E-state index < -0.39 is 0 Å². The molecule has 18 heavy (non-hydrogen) atoms. The highest BCUT2D eigenvalue weighted by molar-refractivity contribution is 5.67. The minimum atomic E-state index is 0.228. The van der Waals surface area contributed by atoms with E-state index in [0.717, 1.165) is 16.2 Å². The summed E-state index contributed by atoms with van der Waals surface area (Å²) in [6.07, 6.45) is 3.81. The van der Waals surface area contributed by atoms with Crippen LogP contribution in [0.1, 0.15) is 11.1 Å². The molecule has 5 heteroatoms. The predicted molar refractivity (Wildman–Crippen MR) is 66.5 cm³/mol. The Balaban J connectivity index is 2.02. The molecule has 0 aliphatic rings. The topological polar surface area (TPSA) is 55.3 Å². The number of carbonyl (C=O) groups is 1. The van der Waals surface area contributed by atoms with Crippen molar-refractivity contribution < 1.29 is 9.63 Å². The van der Waals surface area contributed by atoms with Crippen molar-refractivity contribution >= 4 is 12.4 Å². The summed E-state index contributed by atoms with van der Waals surface area (Å²) >= 11 is 0. The van der Waals surface area contributed by atoms with E-state index in [2.05, 4.69) is 9.97 Å². The number of rotatable bonds is 5. The maximum absolute atomic E-state index is 10.9. The molecule has 0 saturated heterocycles. The lowest BCUT2D eigenvalue weighted by Gasteiger charge is -2.14. The number of aromatic nitrogens is 2. The number of aryl methyl sites for hydroxylation is 1. The molecule has 5 nitrogen and oxygen atoms in total. The molecule has 92 valence electrons. The molecule has 1 heterocycles. The lowest BCUT2D eigenvalue weighted by molar-refractivity contribution is -0.114. The third-order valence-electron chi connectivity index (χ3n) is 2.27. The van der Waals surface area contributed by atoms with E-state index in [1.165, 1.54) is 0 Å². The highest BCUT2D eigenvalue weighted by Gasteiger charge is 2.08. The van der Waals surface area contributed by atoms with E-state index in [0.29, 0.717) is 6.41 Å². The maximum atomic E-state index is 10.9. The van der Waals surface area contributed by atoms with E-state index in [-0.39, 0.29) is 12.6 Å². The molecule has 0 N–H and O–H groups in total. The molecule has 0 atom stereocenters. The SMILES string of the molecule is Cc1cnc(N(C=O)OCc2ccccc2)nc1. The predicted octanol–water partition coefficient (Wildman–Crippen LogP) is 1.88. The second kappa shape index (κ2) is 5.88. The quantitative estimate of drug-likeness (QED) is 0.594. The monoisotopic (exact) mass is 243 g/mol. The molecule has 0 spiro atoms. The van der Waals surface area contributed by atoms with Crippen LogP contribution in [0.2, 0.25) is 0 Å². The summed E-state index contributed by atoms with van der Waals surface area (Å²) in [7, 11) is 0. The smallest absolute Gasteiger partial charge is 0.257 e. The Morgan fingerprint density at radius 1 is 1.22 bits per heavy atom. The third-order valence-corrected chi connectivity index (χ3v) is 2.27. The molecule has 1 aromatic carbocycles. The zero-order chi connectivity index (χ0) is 12.8. The summed E-state index contributed by atoms with van der Waals surface area (Å²) in [6.45, 7) is 2.16. The molecule has 1 amide bonds. The van der Waals surface area contributed by atoms with Gasteiger partial charge in [0.1, 0.15) is 6.61 Å². The van der Waals surface area contributed by atoms with Crippen LogP contribution < -0.4 is 5.06 Å². The minimum Gasteiger partial charge on any atom is -0.276 e. The van der Waals surface area contributed by atoms with E-state index in [9.17, 15) is 4.79 Å². The van der Waals surface area contributed by atoms with E-state index in [1.807, 2.05) is 37.3 Å². The highest BCUT2D eigenvalue weighted by atomic mass is 16.7. The van der Waals surface area contributed by atoms with Crippen LogP contribution in [0.5, 0.6) is 0 Å². The Bertz CT molecular complexity index is 499. The lowest BCUT2D eigenvalue weighted by atomic mass is 10.2. The molecule has 1 aromatic heterocycles. The fourth-order valence-electron chi connectivity index (χ4n) is 1.35. The molecule has 0 aliphatic heterocycles. The van der Waals surface area contributed by atoms with Crippen LogP contribution in [0.3, 0.4) is 0 Å². The van der Waals surface area contributed by atoms with Crippen molar-refractivity contribution in [1.82, 2.24) is 9.97 Å². The first kappa shape index (κ1) is 12.2. The average molecular weight is 243 g/mol. The zero-order valence-corrected chi connectivity index (χ0v) is 9.98. The van der Waals surface area contributed by atoms with Gasteiger partial charge in [0.25, 0.3) is 5.95 Å². The van der Waals surface area contributed by atoms with Gasteiger partial charge in [-0.3, -0.25) is 9.63 Å². The highest BCUT2D eigenvalue weighted by Crippen LogP contribution is 2.08. The molecule has 0 saturated carbocycles. The van der Waals surface area contributed by atoms with Crippen molar-refractivity contribution in [3.8, 4) is 0 Å². The number of hydrogen-bond donors (Lipinski definition) is 0. The van der Waals surface area contributed by atoms with Crippen molar-refractivity contribution in [2.45, 2.75) is 13.5 Å². The molecular formula is C13H13N3O2. The van der Waals surface area contributed by atoms with Gasteiger partial charge in [0.15, 0.2) is 0 Å². The van der Waals surface area contributed by atoms with Crippen LogP contribution in [0, 0.1) is 6.92 Å². The van der Waals surface area contributed by atoms with Crippen LogP contribution in [0.25, 0.3) is 0 Å².